The highest BCUT2D eigenvalue weighted by Crippen LogP contribution is 2.22. The van der Waals surface area contributed by atoms with Crippen LogP contribution >= 0.6 is 11.8 Å². The van der Waals surface area contributed by atoms with Crippen molar-refractivity contribution < 1.29 is 5.11 Å². The topological polar surface area (TPSA) is 33.1 Å². The average molecular weight is 259 g/mol. The molecule has 0 aliphatic carbocycles. The minimum Gasteiger partial charge on any atom is -0.396 e. The van der Waals surface area contributed by atoms with Crippen LogP contribution in [0, 0.1) is 6.92 Å². The third kappa shape index (κ3) is 3.59. The predicted octanol–water partition coefficient (Wildman–Crippen LogP) is 3.22. The summed E-state index contributed by atoms with van der Waals surface area (Å²) in [6, 6.07) is 12.5. The van der Waals surface area contributed by atoms with Gasteiger partial charge in [0.25, 0.3) is 0 Å². The lowest BCUT2D eigenvalue weighted by Crippen LogP contribution is -1.96. The molecule has 2 aromatic rings. The van der Waals surface area contributed by atoms with Gasteiger partial charge in [-0.15, -0.1) is 11.8 Å². The zero-order valence-corrected chi connectivity index (χ0v) is 11.3. The Balaban J connectivity index is 2.00. The van der Waals surface area contributed by atoms with E-state index in [-0.39, 0.29) is 6.61 Å². The number of aryl methyl sites for hydroxylation is 1. The molecule has 1 aromatic carbocycles. The van der Waals surface area contributed by atoms with Gasteiger partial charge in [-0.1, -0.05) is 30.3 Å². The van der Waals surface area contributed by atoms with Gasteiger partial charge in [0.05, 0.1) is 5.03 Å². The van der Waals surface area contributed by atoms with Crippen LogP contribution in [0.4, 0.5) is 0 Å². The molecule has 0 atom stereocenters. The Morgan fingerprint density at radius 3 is 2.67 bits per heavy atom. The lowest BCUT2D eigenvalue weighted by atomic mass is 10.1. The van der Waals surface area contributed by atoms with Gasteiger partial charge in [-0.2, -0.15) is 0 Å². The summed E-state index contributed by atoms with van der Waals surface area (Å²) >= 11 is 1.74. The molecular weight excluding hydrogens is 242 g/mol. The van der Waals surface area contributed by atoms with Crippen LogP contribution in [0.3, 0.4) is 0 Å². The molecular formula is C15H17NOS. The van der Waals surface area contributed by atoms with Crippen molar-refractivity contribution in [3.05, 3.63) is 59.3 Å². The lowest BCUT2D eigenvalue weighted by Gasteiger charge is -2.06. The van der Waals surface area contributed by atoms with E-state index in [1.54, 1.807) is 11.8 Å². The van der Waals surface area contributed by atoms with Crippen molar-refractivity contribution in [2.45, 2.75) is 24.1 Å². The average Bonchev–Trinajstić information content (AvgIpc) is 2.41. The zero-order chi connectivity index (χ0) is 12.8. The fourth-order valence-electron chi connectivity index (χ4n) is 1.75. The molecule has 94 valence electrons. The summed E-state index contributed by atoms with van der Waals surface area (Å²) in [5.41, 5.74) is 3.64. The van der Waals surface area contributed by atoms with Gasteiger partial charge >= 0.3 is 0 Å². The summed E-state index contributed by atoms with van der Waals surface area (Å²) in [7, 11) is 0. The maximum absolute atomic E-state index is 8.93. The summed E-state index contributed by atoms with van der Waals surface area (Å²) in [6.07, 6.45) is 2.56. The second-order valence-electron chi connectivity index (χ2n) is 4.20. The molecule has 0 spiro atoms. The van der Waals surface area contributed by atoms with Gasteiger partial charge in [-0.05, 0) is 36.1 Å². The Bertz CT molecular complexity index is 499. The molecule has 0 fully saturated rings. The van der Waals surface area contributed by atoms with E-state index in [0.29, 0.717) is 6.42 Å². The van der Waals surface area contributed by atoms with E-state index >= 15 is 0 Å². The van der Waals surface area contributed by atoms with E-state index in [0.717, 1.165) is 16.3 Å². The van der Waals surface area contributed by atoms with Crippen molar-refractivity contribution in [2.24, 2.45) is 0 Å². The molecule has 0 bridgehead atoms. The predicted molar refractivity (Wildman–Crippen MR) is 75.8 cm³/mol. The van der Waals surface area contributed by atoms with Gasteiger partial charge in [-0.3, -0.25) is 0 Å². The van der Waals surface area contributed by atoms with E-state index in [4.69, 9.17) is 5.11 Å². The second kappa shape index (κ2) is 6.57. The number of thioether (sulfide) groups is 1. The van der Waals surface area contributed by atoms with Crippen LogP contribution < -0.4 is 0 Å². The summed E-state index contributed by atoms with van der Waals surface area (Å²) < 4.78 is 0. The maximum atomic E-state index is 8.93. The highest BCUT2D eigenvalue weighted by Gasteiger charge is 2.02. The first-order valence-electron chi connectivity index (χ1n) is 6.02. The molecule has 0 aliphatic rings. The van der Waals surface area contributed by atoms with Gasteiger partial charge in [0, 0.05) is 18.6 Å². The Hall–Kier alpha value is -1.32. The number of hydrogen-bond donors (Lipinski definition) is 1. The molecule has 0 saturated heterocycles. The van der Waals surface area contributed by atoms with Crippen LogP contribution in [0.5, 0.6) is 0 Å². The van der Waals surface area contributed by atoms with Gasteiger partial charge in [0.15, 0.2) is 0 Å². The smallest absolute Gasteiger partial charge is 0.0965 e. The third-order valence-corrected chi connectivity index (χ3v) is 3.80. The number of benzene rings is 1. The number of rotatable bonds is 5. The fourth-order valence-corrected chi connectivity index (χ4v) is 2.65. The number of aromatic nitrogens is 1. The van der Waals surface area contributed by atoms with E-state index in [9.17, 15) is 0 Å². The summed E-state index contributed by atoms with van der Waals surface area (Å²) in [5, 5.41) is 9.97. The first kappa shape index (κ1) is 13.1. The third-order valence-electron chi connectivity index (χ3n) is 2.80. The first-order chi connectivity index (χ1) is 8.79. The SMILES string of the molecule is Cc1cc(SCc2ccccc2)ncc1CCO. The van der Waals surface area contributed by atoms with Crippen LogP contribution in [0.1, 0.15) is 16.7 Å². The summed E-state index contributed by atoms with van der Waals surface area (Å²) in [4.78, 5) is 4.43. The van der Waals surface area contributed by atoms with Crippen molar-refractivity contribution in [3.63, 3.8) is 0 Å². The Morgan fingerprint density at radius 1 is 1.22 bits per heavy atom. The largest absolute Gasteiger partial charge is 0.396 e. The molecule has 0 saturated carbocycles. The van der Waals surface area contributed by atoms with Gasteiger partial charge in [-0.25, -0.2) is 4.98 Å². The molecule has 3 heteroatoms. The molecule has 18 heavy (non-hydrogen) atoms. The minimum atomic E-state index is 0.180. The number of pyridine rings is 1. The Kier molecular flexibility index (Phi) is 4.79. The lowest BCUT2D eigenvalue weighted by molar-refractivity contribution is 0.299. The first-order valence-corrected chi connectivity index (χ1v) is 7.01. The van der Waals surface area contributed by atoms with Gasteiger partial charge in [0.2, 0.25) is 0 Å². The minimum absolute atomic E-state index is 0.180. The summed E-state index contributed by atoms with van der Waals surface area (Å²) in [5.74, 6) is 0.937. The molecule has 0 aliphatic heterocycles. The van der Waals surface area contributed by atoms with Gasteiger partial charge < -0.3 is 5.11 Å². The molecule has 2 nitrogen and oxygen atoms in total. The standard InChI is InChI=1S/C15H17NOS/c1-12-9-15(16-10-14(12)7-8-17)18-11-13-5-3-2-4-6-13/h2-6,9-10,17H,7-8,11H2,1H3. The highest BCUT2D eigenvalue weighted by atomic mass is 32.2. The van der Waals surface area contributed by atoms with Crippen molar-refractivity contribution >= 4 is 11.8 Å². The number of nitrogens with zero attached hydrogens (tertiary/aromatic N) is 1. The summed E-state index contributed by atoms with van der Waals surface area (Å²) in [6.45, 7) is 2.25. The van der Waals surface area contributed by atoms with E-state index in [2.05, 4.69) is 42.2 Å². The highest BCUT2D eigenvalue weighted by molar-refractivity contribution is 7.98. The quantitative estimate of drug-likeness (QED) is 0.837. The van der Waals surface area contributed by atoms with Crippen LogP contribution in [0.25, 0.3) is 0 Å². The second-order valence-corrected chi connectivity index (χ2v) is 5.19. The number of hydrogen-bond acceptors (Lipinski definition) is 3. The molecule has 0 radical (unpaired) electrons. The molecule has 1 heterocycles. The van der Waals surface area contributed by atoms with E-state index in [1.165, 1.54) is 11.1 Å². The van der Waals surface area contributed by atoms with Crippen molar-refractivity contribution in [1.82, 2.24) is 4.98 Å². The molecule has 2 rings (SSSR count). The normalized spacial score (nSPS) is 10.6. The maximum Gasteiger partial charge on any atom is 0.0965 e. The van der Waals surface area contributed by atoms with Crippen molar-refractivity contribution in [2.75, 3.05) is 6.61 Å². The number of aliphatic hydroxyl groups is 1. The Labute approximate surface area is 112 Å². The molecule has 1 N–H and O–H groups in total. The van der Waals surface area contributed by atoms with Crippen LogP contribution in [0.15, 0.2) is 47.6 Å². The van der Waals surface area contributed by atoms with Crippen LogP contribution in [0.2, 0.25) is 0 Å². The molecule has 1 aromatic heterocycles. The monoisotopic (exact) mass is 259 g/mol. The van der Waals surface area contributed by atoms with Crippen molar-refractivity contribution in [1.29, 1.82) is 0 Å². The fraction of sp³-hybridized carbons (Fsp3) is 0.267. The molecule has 0 unspecified atom stereocenters. The van der Waals surface area contributed by atoms with Crippen molar-refractivity contribution in [3.8, 4) is 0 Å². The van der Waals surface area contributed by atoms with E-state index < -0.39 is 0 Å². The van der Waals surface area contributed by atoms with Gasteiger partial charge in [0.1, 0.15) is 0 Å². The zero-order valence-electron chi connectivity index (χ0n) is 10.5. The Morgan fingerprint density at radius 2 is 2.00 bits per heavy atom. The molecule has 0 amide bonds. The van der Waals surface area contributed by atoms with Crippen LogP contribution in [-0.4, -0.2) is 16.7 Å². The van der Waals surface area contributed by atoms with Crippen LogP contribution in [-0.2, 0) is 12.2 Å². The van der Waals surface area contributed by atoms with E-state index in [1.807, 2.05) is 12.3 Å². The number of aliphatic hydroxyl groups excluding tert-OH is 1.